The quantitative estimate of drug-likeness (QED) is 0.588. The van der Waals surface area contributed by atoms with E-state index in [9.17, 15) is 13.6 Å². The van der Waals surface area contributed by atoms with E-state index in [0.29, 0.717) is 13.2 Å². The van der Waals surface area contributed by atoms with Crippen molar-refractivity contribution in [3.63, 3.8) is 0 Å². The van der Waals surface area contributed by atoms with Crippen molar-refractivity contribution in [2.75, 3.05) is 32.9 Å². The third-order valence-corrected chi connectivity index (χ3v) is 2.64. The largest absolute Gasteiger partial charge is 0.390 e. The SMILES string of the molecule is CCNC1COCC1C(=O)NCC(F)(F)CO. The number of ether oxygens (including phenoxy) is 1. The van der Waals surface area contributed by atoms with Crippen molar-refractivity contribution in [2.24, 2.45) is 5.92 Å². The lowest BCUT2D eigenvalue weighted by Crippen LogP contribution is -2.47. The van der Waals surface area contributed by atoms with Gasteiger partial charge in [-0.1, -0.05) is 6.92 Å². The molecule has 1 aliphatic rings. The third-order valence-electron chi connectivity index (χ3n) is 2.64. The lowest BCUT2D eigenvalue weighted by molar-refractivity contribution is -0.128. The van der Waals surface area contributed by atoms with E-state index in [1.165, 1.54) is 0 Å². The second-order valence-electron chi connectivity index (χ2n) is 4.04. The summed E-state index contributed by atoms with van der Waals surface area (Å²) in [6, 6.07) is -0.136. The van der Waals surface area contributed by atoms with Crippen LogP contribution in [0.2, 0.25) is 0 Å². The number of hydrogen-bond acceptors (Lipinski definition) is 4. The van der Waals surface area contributed by atoms with Gasteiger partial charge in [0.15, 0.2) is 0 Å². The summed E-state index contributed by atoms with van der Waals surface area (Å²) >= 11 is 0. The second kappa shape index (κ2) is 6.23. The molecule has 1 fully saturated rings. The Labute approximate surface area is 98.5 Å². The summed E-state index contributed by atoms with van der Waals surface area (Å²) in [5.74, 6) is -4.20. The van der Waals surface area contributed by atoms with Crippen LogP contribution in [0.15, 0.2) is 0 Å². The second-order valence-corrected chi connectivity index (χ2v) is 4.04. The molecule has 0 aromatic heterocycles. The summed E-state index contributed by atoms with van der Waals surface area (Å²) in [7, 11) is 0. The molecule has 5 nitrogen and oxygen atoms in total. The summed E-state index contributed by atoms with van der Waals surface area (Å²) in [6.45, 7) is 1.09. The number of alkyl halides is 2. The Bertz CT molecular complexity index is 264. The minimum absolute atomic E-state index is 0.136. The molecule has 7 heteroatoms. The molecule has 0 aromatic carbocycles. The van der Waals surface area contributed by atoms with Gasteiger partial charge in [0.2, 0.25) is 5.91 Å². The van der Waals surface area contributed by atoms with Crippen LogP contribution in [0.25, 0.3) is 0 Å². The number of amides is 1. The first-order valence-corrected chi connectivity index (χ1v) is 5.57. The lowest BCUT2D eigenvalue weighted by atomic mass is 10.0. The van der Waals surface area contributed by atoms with Crippen molar-refractivity contribution in [2.45, 2.75) is 18.9 Å². The Morgan fingerprint density at radius 2 is 2.24 bits per heavy atom. The highest BCUT2D eigenvalue weighted by Crippen LogP contribution is 2.15. The molecule has 0 aliphatic carbocycles. The van der Waals surface area contributed by atoms with E-state index in [0.717, 1.165) is 0 Å². The van der Waals surface area contributed by atoms with Gasteiger partial charge in [-0.3, -0.25) is 4.79 Å². The Balaban J connectivity index is 2.41. The summed E-state index contributed by atoms with van der Waals surface area (Å²) in [6.07, 6.45) is 0. The van der Waals surface area contributed by atoms with Crippen molar-refractivity contribution in [1.82, 2.24) is 10.6 Å². The van der Waals surface area contributed by atoms with Crippen LogP contribution in [0.5, 0.6) is 0 Å². The minimum atomic E-state index is -3.27. The summed E-state index contributed by atoms with van der Waals surface area (Å²) in [5, 5.41) is 13.6. The van der Waals surface area contributed by atoms with Crippen LogP contribution in [-0.2, 0) is 9.53 Å². The molecule has 1 heterocycles. The molecule has 0 radical (unpaired) electrons. The van der Waals surface area contributed by atoms with Gasteiger partial charge in [-0.15, -0.1) is 0 Å². The molecule has 1 rings (SSSR count). The molecule has 17 heavy (non-hydrogen) atoms. The molecule has 0 spiro atoms. The number of carbonyl (C=O) groups excluding carboxylic acids is 1. The Hall–Kier alpha value is -0.790. The van der Waals surface area contributed by atoms with E-state index >= 15 is 0 Å². The van der Waals surface area contributed by atoms with Gasteiger partial charge in [0.1, 0.15) is 6.61 Å². The molecule has 1 aliphatic heterocycles. The van der Waals surface area contributed by atoms with Gasteiger partial charge in [0.25, 0.3) is 5.92 Å². The minimum Gasteiger partial charge on any atom is -0.390 e. The molecule has 0 saturated carbocycles. The number of aliphatic hydroxyl groups is 1. The molecular weight excluding hydrogens is 234 g/mol. The van der Waals surface area contributed by atoms with Crippen LogP contribution in [0.3, 0.4) is 0 Å². The highest BCUT2D eigenvalue weighted by molar-refractivity contribution is 5.79. The predicted octanol–water partition coefficient (Wildman–Crippen LogP) is -0.645. The van der Waals surface area contributed by atoms with Gasteiger partial charge >= 0.3 is 0 Å². The molecule has 2 atom stereocenters. The number of halogens is 2. The normalized spacial score (nSPS) is 24.9. The first-order chi connectivity index (χ1) is 8.00. The molecular formula is C10H18F2N2O3. The van der Waals surface area contributed by atoms with Gasteiger partial charge in [0, 0.05) is 6.04 Å². The number of nitrogens with one attached hydrogen (secondary N) is 2. The summed E-state index contributed by atoms with van der Waals surface area (Å²) in [4.78, 5) is 11.6. The van der Waals surface area contributed by atoms with E-state index in [1.807, 2.05) is 6.92 Å². The van der Waals surface area contributed by atoms with Gasteiger partial charge in [-0.05, 0) is 6.54 Å². The van der Waals surface area contributed by atoms with Crippen molar-refractivity contribution in [1.29, 1.82) is 0 Å². The van der Waals surface area contributed by atoms with E-state index in [2.05, 4.69) is 10.6 Å². The maximum atomic E-state index is 12.7. The van der Waals surface area contributed by atoms with E-state index < -0.39 is 30.9 Å². The molecule has 100 valence electrons. The standard InChI is InChI=1S/C10H18F2N2O3/c1-2-13-8-4-17-3-7(8)9(16)14-5-10(11,12)6-15/h7-8,13,15H,2-6H2,1H3,(H,14,16). The van der Waals surface area contributed by atoms with Crippen molar-refractivity contribution in [3.8, 4) is 0 Å². The topological polar surface area (TPSA) is 70.6 Å². The third kappa shape index (κ3) is 4.18. The highest BCUT2D eigenvalue weighted by atomic mass is 19.3. The highest BCUT2D eigenvalue weighted by Gasteiger charge is 2.35. The zero-order chi connectivity index (χ0) is 12.9. The number of carbonyl (C=O) groups is 1. The van der Waals surface area contributed by atoms with Gasteiger partial charge in [-0.2, -0.15) is 0 Å². The van der Waals surface area contributed by atoms with Crippen molar-refractivity contribution >= 4 is 5.91 Å². The average molecular weight is 252 g/mol. The number of rotatable bonds is 6. The van der Waals surface area contributed by atoms with E-state index in [4.69, 9.17) is 9.84 Å². The van der Waals surface area contributed by atoms with Gasteiger partial charge in [0.05, 0.1) is 25.7 Å². The summed E-state index contributed by atoms with van der Waals surface area (Å²) < 4.78 is 30.6. The molecule has 0 aromatic rings. The van der Waals surface area contributed by atoms with E-state index in [-0.39, 0.29) is 12.6 Å². The number of hydrogen-bond donors (Lipinski definition) is 3. The Morgan fingerprint density at radius 3 is 2.82 bits per heavy atom. The fraction of sp³-hybridized carbons (Fsp3) is 0.900. The molecule has 1 saturated heterocycles. The van der Waals surface area contributed by atoms with Crippen LogP contribution in [0.1, 0.15) is 6.92 Å². The molecule has 1 amide bonds. The van der Waals surface area contributed by atoms with Gasteiger partial charge < -0.3 is 20.5 Å². The zero-order valence-corrected chi connectivity index (χ0v) is 9.71. The fourth-order valence-corrected chi connectivity index (χ4v) is 1.68. The maximum Gasteiger partial charge on any atom is 0.287 e. The monoisotopic (exact) mass is 252 g/mol. The molecule has 2 unspecified atom stereocenters. The lowest BCUT2D eigenvalue weighted by Gasteiger charge is -2.19. The van der Waals surface area contributed by atoms with Gasteiger partial charge in [-0.25, -0.2) is 8.78 Å². The molecule has 0 bridgehead atoms. The van der Waals surface area contributed by atoms with Crippen LogP contribution >= 0.6 is 0 Å². The first-order valence-electron chi connectivity index (χ1n) is 5.57. The summed E-state index contributed by atoms with van der Waals surface area (Å²) in [5.41, 5.74) is 0. The van der Waals surface area contributed by atoms with Crippen LogP contribution in [0.4, 0.5) is 8.78 Å². The fourth-order valence-electron chi connectivity index (χ4n) is 1.68. The van der Waals surface area contributed by atoms with Crippen LogP contribution in [-0.4, -0.2) is 55.9 Å². The van der Waals surface area contributed by atoms with Crippen LogP contribution < -0.4 is 10.6 Å². The Kier molecular flexibility index (Phi) is 5.23. The van der Waals surface area contributed by atoms with E-state index in [1.54, 1.807) is 0 Å². The predicted molar refractivity (Wildman–Crippen MR) is 56.8 cm³/mol. The Morgan fingerprint density at radius 1 is 1.53 bits per heavy atom. The smallest absolute Gasteiger partial charge is 0.287 e. The van der Waals surface area contributed by atoms with Crippen molar-refractivity contribution < 1.29 is 23.4 Å². The van der Waals surface area contributed by atoms with Crippen molar-refractivity contribution in [3.05, 3.63) is 0 Å². The zero-order valence-electron chi connectivity index (χ0n) is 9.71. The number of likely N-dealkylation sites (N-methyl/N-ethyl adjacent to an activating group) is 1. The number of aliphatic hydroxyl groups excluding tert-OH is 1. The van der Waals surface area contributed by atoms with Crippen LogP contribution in [0, 0.1) is 5.92 Å². The maximum absolute atomic E-state index is 12.7. The molecule has 3 N–H and O–H groups in total. The first kappa shape index (κ1) is 14.3. The average Bonchev–Trinajstić information content (AvgIpc) is 2.75.